The van der Waals surface area contributed by atoms with Crippen molar-refractivity contribution in [1.29, 1.82) is 0 Å². The van der Waals surface area contributed by atoms with Gasteiger partial charge in [-0.25, -0.2) is 4.98 Å². The summed E-state index contributed by atoms with van der Waals surface area (Å²) in [5.41, 5.74) is 1.66. The number of morpholine rings is 1. The van der Waals surface area contributed by atoms with Crippen LogP contribution in [0.4, 0.5) is 8.78 Å². The summed E-state index contributed by atoms with van der Waals surface area (Å²) in [5, 5.41) is 2.47. The molecule has 3 aromatic rings. The van der Waals surface area contributed by atoms with Crippen molar-refractivity contribution < 1.29 is 23.0 Å². The summed E-state index contributed by atoms with van der Waals surface area (Å²) < 4.78 is 35.8. The third-order valence-corrected chi connectivity index (χ3v) is 5.49. The highest BCUT2D eigenvalue weighted by molar-refractivity contribution is 7.10. The van der Waals surface area contributed by atoms with Crippen LogP contribution in [0.25, 0.3) is 11.3 Å². The van der Waals surface area contributed by atoms with E-state index in [1.165, 1.54) is 17.4 Å². The number of hydrogen-bond acceptors (Lipinski definition) is 5. The molecule has 1 aliphatic heterocycles. The van der Waals surface area contributed by atoms with E-state index in [1.54, 1.807) is 40.6 Å². The number of alkyl halides is 2. The van der Waals surface area contributed by atoms with Crippen molar-refractivity contribution in [3.8, 4) is 17.0 Å². The first kappa shape index (κ1) is 19.5. The molecule has 8 heteroatoms. The lowest BCUT2D eigenvalue weighted by Gasteiger charge is -2.32. The summed E-state index contributed by atoms with van der Waals surface area (Å²) in [4.78, 5) is 19.0. The van der Waals surface area contributed by atoms with E-state index in [-0.39, 0.29) is 17.8 Å². The summed E-state index contributed by atoms with van der Waals surface area (Å²) in [7, 11) is 0. The van der Waals surface area contributed by atoms with Gasteiger partial charge in [-0.3, -0.25) is 4.79 Å². The number of rotatable bonds is 5. The third kappa shape index (κ3) is 4.44. The smallest absolute Gasteiger partial charge is 0.387 e. The van der Waals surface area contributed by atoms with E-state index in [0.717, 1.165) is 0 Å². The molecule has 0 bridgehead atoms. The lowest BCUT2D eigenvalue weighted by Crippen LogP contribution is -2.42. The van der Waals surface area contributed by atoms with Crippen LogP contribution in [-0.2, 0) is 4.74 Å². The predicted molar refractivity (Wildman–Crippen MR) is 105 cm³/mol. The van der Waals surface area contributed by atoms with Crippen LogP contribution < -0.4 is 4.74 Å². The maximum Gasteiger partial charge on any atom is 0.387 e. The van der Waals surface area contributed by atoms with Crippen LogP contribution in [0.3, 0.4) is 0 Å². The van der Waals surface area contributed by atoms with Gasteiger partial charge in [0.25, 0.3) is 5.91 Å². The van der Waals surface area contributed by atoms with Gasteiger partial charge in [0, 0.05) is 23.1 Å². The number of aromatic nitrogens is 1. The normalized spacial score (nSPS) is 16.8. The monoisotopic (exact) mass is 416 g/mol. The van der Waals surface area contributed by atoms with Crippen molar-refractivity contribution in [1.82, 2.24) is 9.88 Å². The van der Waals surface area contributed by atoms with Gasteiger partial charge in [0.05, 0.1) is 18.8 Å². The number of nitrogens with zero attached hydrogens (tertiary/aromatic N) is 2. The van der Waals surface area contributed by atoms with Crippen LogP contribution in [0.2, 0.25) is 0 Å². The molecule has 2 aromatic carbocycles. The van der Waals surface area contributed by atoms with Gasteiger partial charge in [0.1, 0.15) is 16.9 Å². The fraction of sp³-hybridized carbons (Fsp3) is 0.238. The Labute approximate surface area is 170 Å². The van der Waals surface area contributed by atoms with E-state index in [4.69, 9.17) is 4.74 Å². The second kappa shape index (κ2) is 8.67. The predicted octanol–water partition coefficient (Wildman–Crippen LogP) is 4.63. The van der Waals surface area contributed by atoms with Crippen LogP contribution in [0.5, 0.6) is 5.75 Å². The number of thiazole rings is 1. The minimum absolute atomic E-state index is 0.0497. The maximum atomic E-state index is 12.7. The van der Waals surface area contributed by atoms with Crippen molar-refractivity contribution >= 4 is 17.2 Å². The number of para-hydroxylation sites is 1. The molecule has 29 heavy (non-hydrogen) atoms. The molecule has 1 aliphatic rings. The van der Waals surface area contributed by atoms with E-state index >= 15 is 0 Å². The van der Waals surface area contributed by atoms with Crippen LogP contribution in [0.1, 0.15) is 21.5 Å². The molecule has 5 nitrogen and oxygen atoms in total. The number of benzene rings is 2. The standard InChI is InChI=1S/C21H18F2N2O3S/c22-21(23)28-17-9-5-4-8-15(17)16-13-29-19(24-16)18-12-25(10-11-27-18)20(26)14-6-2-1-3-7-14/h1-9,13,18,21H,10-12H2. The quantitative estimate of drug-likeness (QED) is 0.609. The van der Waals surface area contributed by atoms with Gasteiger partial charge in [0.15, 0.2) is 0 Å². The van der Waals surface area contributed by atoms with Crippen molar-refractivity contribution in [3.05, 3.63) is 70.5 Å². The molecule has 1 atom stereocenters. The summed E-state index contributed by atoms with van der Waals surface area (Å²) in [6.45, 7) is -1.61. The number of hydrogen-bond donors (Lipinski definition) is 0. The van der Waals surface area contributed by atoms with E-state index in [1.807, 2.05) is 18.2 Å². The Balaban J connectivity index is 1.52. The molecule has 0 radical (unpaired) electrons. The zero-order valence-corrected chi connectivity index (χ0v) is 16.1. The largest absolute Gasteiger partial charge is 0.434 e. The molecule has 1 amide bonds. The molecule has 0 spiro atoms. The Hall–Kier alpha value is -2.84. The first-order chi connectivity index (χ1) is 14.1. The lowest BCUT2D eigenvalue weighted by molar-refractivity contribution is -0.0494. The summed E-state index contributed by atoms with van der Waals surface area (Å²) >= 11 is 1.37. The SMILES string of the molecule is O=C(c1ccccc1)N1CCOC(c2nc(-c3ccccc3OC(F)F)cs2)C1. The Kier molecular flexibility index (Phi) is 5.82. The van der Waals surface area contributed by atoms with Gasteiger partial charge >= 0.3 is 6.61 Å². The molecule has 0 aliphatic carbocycles. The summed E-state index contributed by atoms with van der Waals surface area (Å²) in [6.07, 6.45) is -0.363. The molecular formula is C21H18F2N2O3S. The molecule has 1 unspecified atom stereocenters. The van der Waals surface area contributed by atoms with Crippen molar-refractivity contribution in [2.75, 3.05) is 19.7 Å². The molecule has 1 fully saturated rings. The Morgan fingerprint density at radius 1 is 1.17 bits per heavy atom. The second-order valence-electron chi connectivity index (χ2n) is 6.42. The first-order valence-electron chi connectivity index (χ1n) is 9.07. The van der Waals surface area contributed by atoms with Gasteiger partial charge in [-0.1, -0.05) is 30.3 Å². The van der Waals surface area contributed by atoms with E-state index in [9.17, 15) is 13.6 Å². The number of carbonyl (C=O) groups excluding carboxylic acids is 1. The molecule has 0 N–H and O–H groups in total. The van der Waals surface area contributed by atoms with Crippen LogP contribution in [0, 0.1) is 0 Å². The van der Waals surface area contributed by atoms with Crippen LogP contribution in [0.15, 0.2) is 60.0 Å². The average Bonchev–Trinajstić information content (AvgIpc) is 3.24. The van der Waals surface area contributed by atoms with Crippen molar-refractivity contribution in [3.63, 3.8) is 0 Å². The Morgan fingerprint density at radius 2 is 1.93 bits per heavy atom. The van der Waals surface area contributed by atoms with Gasteiger partial charge in [-0.2, -0.15) is 8.78 Å². The number of carbonyl (C=O) groups is 1. The van der Waals surface area contributed by atoms with E-state index in [0.29, 0.717) is 41.5 Å². The van der Waals surface area contributed by atoms with E-state index < -0.39 is 6.61 Å². The lowest BCUT2D eigenvalue weighted by atomic mass is 10.1. The van der Waals surface area contributed by atoms with E-state index in [2.05, 4.69) is 9.72 Å². The summed E-state index contributed by atoms with van der Waals surface area (Å²) in [6, 6.07) is 15.6. The molecule has 4 rings (SSSR count). The highest BCUT2D eigenvalue weighted by atomic mass is 32.1. The summed E-state index contributed by atoms with van der Waals surface area (Å²) in [5.74, 6) is 0.0242. The molecule has 1 saturated heterocycles. The minimum Gasteiger partial charge on any atom is -0.434 e. The Morgan fingerprint density at radius 3 is 2.72 bits per heavy atom. The van der Waals surface area contributed by atoms with Gasteiger partial charge in [-0.15, -0.1) is 11.3 Å². The second-order valence-corrected chi connectivity index (χ2v) is 7.31. The highest BCUT2D eigenvalue weighted by Crippen LogP contribution is 2.34. The molecule has 1 aromatic heterocycles. The molecule has 150 valence electrons. The van der Waals surface area contributed by atoms with Crippen molar-refractivity contribution in [2.24, 2.45) is 0 Å². The molecule has 0 saturated carbocycles. The first-order valence-corrected chi connectivity index (χ1v) is 9.95. The number of ether oxygens (including phenoxy) is 2. The fourth-order valence-electron chi connectivity index (χ4n) is 3.18. The number of halogens is 2. The molecular weight excluding hydrogens is 398 g/mol. The average molecular weight is 416 g/mol. The Bertz CT molecular complexity index is 981. The van der Waals surface area contributed by atoms with Crippen LogP contribution >= 0.6 is 11.3 Å². The zero-order valence-electron chi connectivity index (χ0n) is 15.3. The van der Waals surface area contributed by atoms with Gasteiger partial charge < -0.3 is 14.4 Å². The van der Waals surface area contributed by atoms with Gasteiger partial charge in [0.2, 0.25) is 0 Å². The number of amides is 1. The van der Waals surface area contributed by atoms with Crippen LogP contribution in [-0.4, -0.2) is 42.1 Å². The maximum absolute atomic E-state index is 12.7. The van der Waals surface area contributed by atoms with Gasteiger partial charge in [-0.05, 0) is 24.3 Å². The topological polar surface area (TPSA) is 51.7 Å². The zero-order chi connectivity index (χ0) is 20.2. The minimum atomic E-state index is -2.91. The highest BCUT2D eigenvalue weighted by Gasteiger charge is 2.28. The fourth-order valence-corrected chi connectivity index (χ4v) is 4.04. The third-order valence-electron chi connectivity index (χ3n) is 4.55. The van der Waals surface area contributed by atoms with Crippen molar-refractivity contribution in [2.45, 2.75) is 12.7 Å². The molecule has 2 heterocycles.